The molecular formula is C13H16ClNO3S2. The predicted molar refractivity (Wildman–Crippen MR) is 84.3 cm³/mol. The molecule has 1 aromatic carbocycles. The molecule has 1 N–H and O–H groups in total. The average Bonchev–Trinajstić information content (AvgIpc) is 2.70. The molecular weight excluding hydrogens is 318 g/mol. The third-order valence-electron chi connectivity index (χ3n) is 3.10. The van der Waals surface area contributed by atoms with Crippen molar-refractivity contribution < 1.29 is 13.2 Å². The fraction of sp³-hybridized carbons (Fsp3) is 0.462. The van der Waals surface area contributed by atoms with Gasteiger partial charge in [0.2, 0.25) is 5.91 Å². The first-order valence-electron chi connectivity index (χ1n) is 6.24. The van der Waals surface area contributed by atoms with Gasteiger partial charge >= 0.3 is 0 Å². The lowest BCUT2D eigenvalue weighted by atomic mass is 10.2. The Kier molecular flexibility index (Phi) is 4.99. The summed E-state index contributed by atoms with van der Waals surface area (Å²) >= 11 is 7.26. The number of amides is 1. The van der Waals surface area contributed by atoms with Gasteiger partial charge in [0.15, 0.2) is 9.84 Å². The van der Waals surface area contributed by atoms with Crippen molar-refractivity contribution in [2.45, 2.75) is 18.6 Å². The van der Waals surface area contributed by atoms with E-state index >= 15 is 0 Å². The van der Waals surface area contributed by atoms with Crippen molar-refractivity contribution in [3.05, 3.63) is 28.8 Å². The van der Waals surface area contributed by atoms with Crippen LogP contribution in [0.2, 0.25) is 5.02 Å². The molecule has 4 nitrogen and oxygen atoms in total. The molecule has 1 unspecified atom stereocenters. The highest BCUT2D eigenvalue weighted by Gasteiger charge is 2.28. The van der Waals surface area contributed by atoms with Crippen LogP contribution in [0.4, 0.5) is 5.69 Å². The van der Waals surface area contributed by atoms with Crippen molar-refractivity contribution in [1.82, 2.24) is 0 Å². The topological polar surface area (TPSA) is 63.2 Å². The summed E-state index contributed by atoms with van der Waals surface area (Å²) in [5.74, 6) is 0.570. The average molecular weight is 334 g/mol. The molecule has 1 aliphatic heterocycles. The molecule has 0 aliphatic carbocycles. The molecule has 1 fully saturated rings. The van der Waals surface area contributed by atoms with Gasteiger partial charge in [-0.2, -0.15) is 0 Å². The molecule has 110 valence electrons. The molecule has 1 heterocycles. The Morgan fingerprint density at radius 1 is 1.50 bits per heavy atom. The molecule has 20 heavy (non-hydrogen) atoms. The van der Waals surface area contributed by atoms with E-state index in [2.05, 4.69) is 5.32 Å². The lowest BCUT2D eigenvalue weighted by Crippen LogP contribution is -2.17. The molecule has 0 aromatic heterocycles. The van der Waals surface area contributed by atoms with E-state index in [1.807, 2.05) is 6.92 Å². The number of halogens is 1. The van der Waals surface area contributed by atoms with Gasteiger partial charge in [0, 0.05) is 16.0 Å². The molecule has 7 heteroatoms. The number of carbonyl (C=O) groups is 1. The molecule has 1 aliphatic rings. The first-order valence-corrected chi connectivity index (χ1v) is 9.48. The van der Waals surface area contributed by atoms with Crippen LogP contribution in [0.3, 0.4) is 0 Å². The van der Waals surface area contributed by atoms with Gasteiger partial charge in [0.1, 0.15) is 0 Å². The molecule has 1 saturated heterocycles. The smallest absolute Gasteiger partial charge is 0.234 e. The standard InChI is InChI=1S/C13H16ClNO3S2/c1-9-6-10(14)2-3-12(9)15-13(16)7-19-11-4-5-20(17,18)8-11/h2-3,6,11H,4-5,7-8H2,1H3,(H,15,16). The summed E-state index contributed by atoms with van der Waals surface area (Å²) in [5.41, 5.74) is 1.64. The first kappa shape index (κ1) is 15.7. The second-order valence-electron chi connectivity index (χ2n) is 4.84. The van der Waals surface area contributed by atoms with E-state index in [0.29, 0.717) is 11.4 Å². The molecule has 1 atom stereocenters. The van der Waals surface area contributed by atoms with Crippen molar-refractivity contribution >= 4 is 44.8 Å². The summed E-state index contributed by atoms with van der Waals surface area (Å²) in [6.07, 6.45) is 0.639. The van der Waals surface area contributed by atoms with Crippen LogP contribution >= 0.6 is 23.4 Å². The number of nitrogens with one attached hydrogen (secondary N) is 1. The Hall–Kier alpha value is -0.720. The largest absolute Gasteiger partial charge is 0.325 e. The van der Waals surface area contributed by atoms with Crippen molar-refractivity contribution in [3.8, 4) is 0 Å². The highest BCUT2D eigenvalue weighted by Crippen LogP contribution is 2.25. The van der Waals surface area contributed by atoms with Crippen molar-refractivity contribution in [2.75, 3.05) is 22.6 Å². The summed E-state index contributed by atoms with van der Waals surface area (Å²) in [6, 6.07) is 5.27. The zero-order chi connectivity index (χ0) is 14.8. The van der Waals surface area contributed by atoms with Crippen LogP contribution in [0.25, 0.3) is 0 Å². The molecule has 0 saturated carbocycles. The van der Waals surface area contributed by atoms with Gasteiger partial charge in [-0.05, 0) is 37.1 Å². The normalized spacial score (nSPS) is 20.8. The van der Waals surface area contributed by atoms with Gasteiger partial charge in [0.25, 0.3) is 0 Å². The number of anilines is 1. The number of aryl methyl sites for hydroxylation is 1. The highest BCUT2D eigenvalue weighted by molar-refractivity contribution is 8.02. The molecule has 1 aromatic rings. The minimum Gasteiger partial charge on any atom is -0.325 e. The molecule has 1 amide bonds. The van der Waals surface area contributed by atoms with Crippen LogP contribution in [-0.4, -0.2) is 36.8 Å². The number of hydrogen-bond acceptors (Lipinski definition) is 4. The second-order valence-corrected chi connectivity index (χ2v) is 8.80. The molecule has 2 rings (SSSR count). The van der Waals surface area contributed by atoms with Gasteiger partial charge in [-0.3, -0.25) is 4.79 Å². The lowest BCUT2D eigenvalue weighted by molar-refractivity contribution is -0.113. The van der Waals surface area contributed by atoms with Gasteiger partial charge in [-0.15, -0.1) is 11.8 Å². The van der Waals surface area contributed by atoms with E-state index in [9.17, 15) is 13.2 Å². The van der Waals surface area contributed by atoms with E-state index < -0.39 is 9.84 Å². The Morgan fingerprint density at radius 2 is 2.25 bits per heavy atom. The third-order valence-corrected chi connectivity index (χ3v) is 6.62. The van der Waals surface area contributed by atoms with E-state index in [0.717, 1.165) is 11.3 Å². The fourth-order valence-corrected chi connectivity index (χ4v) is 5.71. The lowest BCUT2D eigenvalue weighted by Gasteiger charge is -2.10. The Morgan fingerprint density at radius 3 is 2.85 bits per heavy atom. The summed E-state index contributed by atoms with van der Waals surface area (Å²) < 4.78 is 22.7. The molecule has 0 spiro atoms. The predicted octanol–water partition coefficient (Wildman–Crippen LogP) is 2.51. The van der Waals surface area contributed by atoms with Crippen LogP contribution in [0.15, 0.2) is 18.2 Å². The molecule has 0 bridgehead atoms. The van der Waals surface area contributed by atoms with Crippen molar-refractivity contribution in [2.24, 2.45) is 0 Å². The number of carbonyl (C=O) groups excluding carboxylic acids is 1. The quantitative estimate of drug-likeness (QED) is 0.919. The van der Waals surface area contributed by atoms with E-state index in [4.69, 9.17) is 11.6 Å². The molecule has 0 radical (unpaired) electrons. The highest BCUT2D eigenvalue weighted by atomic mass is 35.5. The maximum absolute atomic E-state index is 11.9. The van der Waals surface area contributed by atoms with Gasteiger partial charge < -0.3 is 5.32 Å². The number of hydrogen-bond donors (Lipinski definition) is 1. The Labute approximate surface area is 128 Å². The second kappa shape index (κ2) is 6.37. The zero-order valence-electron chi connectivity index (χ0n) is 11.1. The minimum absolute atomic E-state index is 0.0389. The number of thioether (sulfide) groups is 1. The summed E-state index contributed by atoms with van der Waals surface area (Å²) in [7, 11) is -2.88. The SMILES string of the molecule is Cc1cc(Cl)ccc1NC(=O)CSC1CCS(=O)(=O)C1. The number of benzene rings is 1. The minimum atomic E-state index is -2.88. The van der Waals surface area contributed by atoms with Crippen LogP contribution in [0.5, 0.6) is 0 Å². The maximum Gasteiger partial charge on any atom is 0.234 e. The Balaban J connectivity index is 1.84. The van der Waals surface area contributed by atoms with E-state index in [-0.39, 0.29) is 28.4 Å². The van der Waals surface area contributed by atoms with Gasteiger partial charge in [0.05, 0.1) is 17.3 Å². The number of sulfone groups is 1. The Bertz CT molecular complexity index is 616. The van der Waals surface area contributed by atoms with Crippen LogP contribution in [0.1, 0.15) is 12.0 Å². The van der Waals surface area contributed by atoms with Crippen LogP contribution in [-0.2, 0) is 14.6 Å². The van der Waals surface area contributed by atoms with Crippen LogP contribution in [0, 0.1) is 6.92 Å². The first-order chi connectivity index (χ1) is 9.35. The van der Waals surface area contributed by atoms with E-state index in [1.54, 1.807) is 18.2 Å². The third kappa shape index (κ3) is 4.40. The van der Waals surface area contributed by atoms with Gasteiger partial charge in [-0.25, -0.2) is 8.42 Å². The fourth-order valence-electron chi connectivity index (χ4n) is 2.04. The zero-order valence-corrected chi connectivity index (χ0v) is 13.4. The monoisotopic (exact) mass is 333 g/mol. The van der Waals surface area contributed by atoms with Crippen LogP contribution < -0.4 is 5.32 Å². The maximum atomic E-state index is 11.9. The van der Waals surface area contributed by atoms with E-state index in [1.165, 1.54) is 11.8 Å². The van der Waals surface area contributed by atoms with Crippen molar-refractivity contribution in [1.29, 1.82) is 0 Å². The summed E-state index contributed by atoms with van der Waals surface area (Å²) in [5, 5.41) is 3.48. The summed E-state index contributed by atoms with van der Waals surface area (Å²) in [6.45, 7) is 1.87. The summed E-state index contributed by atoms with van der Waals surface area (Å²) in [4.78, 5) is 11.9. The van der Waals surface area contributed by atoms with Gasteiger partial charge in [-0.1, -0.05) is 11.6 Å². The number of rotatable bonds is 4. The van der Waals surface area contributed by atoms with Crippen molar-refractivity contribution in [3.63, 3.8) is 0 Å².